The predicted molar refractivity (Wildman–Crippen MR) is 72.1 cm³/mol. The van der Waals surface area contributed by atoms with E-state index in [0.29, 0.717) is 13.1 Å². The van der Waals surface area contributed by atoms with Gasteiger partial charge >= 0.3 is 0 Å². The Morgan fingerprint density at radius 2 is 1.94 bits per heavy atom. The van der Waals surface area contributed by atoms with Gasteiger partial charge in [0, 0.05) is 13.1 Å². The average Bonchev–Trinajstić information content (AvgIpc) is 2.29. The lowest BCUT2D eigenvalue weighted by Crippen LogP contribution is -2.23. The van der Waals surface area contributed by atoms with Crippen molar-refractivity contribution in [3.63, 3.8) is 0 Å². The first-order chi connectivity index (χ1) is 8.52. The molecule has 1 aromatic carbocycles. The van der Waals surface area contributed by atoms with Gasteiger partial charge in [-0.1, -0.05) is 6.07 Å². The number of benzene rings is 1. The maximum Gasteiger partial charge on any atom is 0.161 e. The second-order valence-electron chi connectivity index (χ2n) is 4.63. The summed E-state index contributed by atoms with van der Waals surface area (Å²) in [5.41, 5.74) is 1.10. The highest BCUT2D eigenvalue weighted by molar-refractivity contribution is 5.43. The van der Waals surface area contributed by atoms with Crippen molar-refractivity contribution in [2.45, 2.75) is 39.5 Å². The van der Waals surface area contributed by atoms with Crippen molar-refractivity contribution in [3.05, 3.63) is 23.8 Å². The SMILES string of the molecule is COc1cc(CNC[C@@H](C)O)ccc1OC(C)C. The average molecular weight is 253 g/mol. The van der Waals surface area contributed by atoms with Gasteiger partial charge in [-0.25, -0.2) is 0 Å². The normalized spacial score (nSPS) is 12.6. The second kappa shape index (κ2) is 7.24. The van der Waals surface area contributed by atoms with Crippen LogP contribution in [0.25, 0.3) is 0 Å². The number of rotatable bonds is 7. The van der Waals surface area contributed by atoms with E-state index in [1.807, 2.05) is 32.0 Å². The maximum absolute atomic E-state index is 9.17. The quantitative estimate of drug-likeness (QED) is 0.780. The lowest BCUT2D eigenvalue weighted by molar-refractivity contribution is 0.191. The van der Waals surface area contributed by atoms with Gasteiger partial charge in [0.1, 0.15) is 0 Å². The molecular weight excluding hydrogens is 230 g/mol. The van der Waals surface area contributed by atoms with Crippen LogP contribution in [0.4, 0.5) is 0 Å². The fraction of sp³-hybridized carbons (Fsp3) is 0.571. The van der Waals surface area contributed by atoms with Gasteiger partial charge in [-0.15, -0.1) is 0 Å². The summed E-state index contributed by atoms with van der Waals surface area (Å²) < 4.78 is 11.0. The molecule has 0 aliphatic heterocycles. The summed E-state index contributed by atoms with van der Waals surface area (Å²) in [7, 11) is 1.63. The van der Waals surface area contributed by atoms with E-state index in [9.17, 15) is 0 Å². The Morgan fingerprint density at radius 1 is 1.22 bits per heavy atom. The molecular formula is C14H23NO3. The van der Waals surface area contributed by atoms with E-state index in [4.69, 9.17) is 14.6 Å². The van der Waals surface area contributed by atoms with E-state index in [-0.39, 0.29) is 12.2 Å². The first-order valence-corrected chi connectivity index (χ1v) is 6.25. The number of aliphatic hydroxyl groups excluding tert-OH is 1. The molecule has 102 valence electrons. The Labute approximate surface area is 109 Å². The largest absolute Gasteiger partial charge is 0.493 e. The van der Waals surface area contributed by atoms with Crippen molar-refractivity contribution >= 4 is 0 Å². The Balaban J connectivity index is 2.66. The Bertz CT molecular complexity index is 364. The predicted octanol–water partition coefficient (Wildman–Crippen LogP) is 1.95. The van der Waals surface area contributed by atoms with Crippen molar-refractivity contribution in [1.29, 1.82) is 0 Å². The number of ether oxygens (including phenoxy) is 2. The molecule has 0 fully saturated rings. The molecule has 0 saturated carbocycles. The van der Waals surface area contributed by atoms with Gasteiger partial charge in [0.05, 0.1) is 19.3 Å². The summed E-state index contributed by atoms with van der Waals surface area (Å²) in [5, 5.41) is 12.3. The molecule has 1 rings (SSSR count). The smallest absolute Gasteiger partial charge is 0.161 e. The monoisotopic (exact) mass is 253 g/mol. The van der Waals surface area contributed by atoms with Crippen molar-refractivity contribution in [3.8, 4) is 11.5 Å². The lowest BCUT2D eigenvalue weighted by atomic mass is 10.2. The van der Waals surface area contributed by atoms with Gasteiger partial charge in [0.25, 0.3) is 0 Å². The van der Waals surface area contributed by atoms with Crippen LogP contribution >= 0.6 is 0 Å². The number of hydrogen-bond acceptors (Lipinski definition) is 4. The first kappa shape index (κ1) is 14.8. The van der Waals surface area contributed by atoms with E-state index in [1.165, 1.54) is 0 Å². The zero-order valence-electron chi connectivity index (χ0n) is 11.6. The summed E-state index contributed by atoms with van der Waals surface area (Å²) in [4.78, 5) is 0. The summed E-state index contributed by atoms with van der Waals surface area (Å²) in [6.07, 6.45) is -0.214. The molecule has 4 nitrogen and oxygen atoms in total. The molecule has 0 aromatic heterocycles. The molecule has 0 heterocycles. The topological polar surface area (TPSA) is 50.7 Å². The Hall–Kier alpha value is -1.26. The van der Waals surface area contributed by atoms with Gasteiger partial charge < -0.3 is 19.9 Å². The molecule has 4 heteroatoms. The fourth-order valence-electron chi connectivity index (χ4n) is 1.60. The minimum atomic E-state index is -0.338. The highest BCUT2D eigenvalue weighted by atomic mass is 16.5. The fourth-order valence-corrected chi connectivity index (χ4v) is 1.60. The van der Waals surface area contributed by atoms with Crippen LogP contribution in [0.2, 0.25) is 0 Å². The molecule has 0 unspecified atom stereocenters. The number of aliphatic hydroxyl groups is 1. The van der Waals surface area contributed by atoms with Crippen molar-refractivity contribution in [2.24, 2.45) is 0 Å². The molecule has 0 spiro atoms. The van der Waals surface area contributed by atoms with Crippen LogP contribution in [0.5, 0.6) is 11.5 Å². The highest BCUT2D eigenvalue weighted by Crippen LogP contribution is 2.28. The van der Waals surface area contributed by atoms with Crippen molar-refractivity contribution in [2.75, 3.05) is 13.7 Å². The molecule has 0 radical (unpaired) electrons. The molecule has 0 amide bonds. The van der Waals surface area contributed by atoms with Gasteiger partial charge in [-0.2, -0.15) is 0 Å². The summed E-state index contributed by atoms with van der Waals surface area (Å²) in [5.74, 6) is 1.49. The molecule has 1 aromatic rings. The molecule has 0 bridgehead atoms. The number of nitrogens with one attached hydrogen (secondary N) is 1. The minimum absolute atomic E-state index is 0.123. The molecule has 0 aliphatic carbocycles. The Morgan fingerprint density at radius 3 is 2.50 bits per heavy atom. The van der Waals surface area contributed by atoms with Gasteiger partial charge in [-0.05, 0) is 38.5 Å². The number of hydrogen-bond donors (Lipinski definition) is 2. The van der Waals surface area contributed by atoms with Gasteiger partial charge in [-0.3, -0.25) is 0 Å². The third kappa shape index (κ3) is 4.94. The van der Waals surface area contributed by atoms with Crippen LogP contribution in [0.15, 0.2) is 18.2 Å². The second-order valence-corrected chi connectivity index (χ2v) is 4.63. The third-order valence-electron chi connectivity index (χ3n) is 2.36. The standard InChI is InChI=1S/C14H23NO3/c1-10(2)18-13-6-5-12(7-14(13)17-4)9-15-8-11(3)16/h5-7,10-11,15-16H,8-9H2,1-4H3/t11-/m1/s1. The zero-order valence-corrected chi connectivity index (χ0v) is 11.6. The molecule has 0 aliphatic rings. The highest BCUT2D eigenvalue weighted by Gasteiger charge is 2.07. The van der Waals surface area contributed by atoms with Crippen molar-refractivity contribution < 1.29 is 14.6 Å². The van der Waals surface area contributed by atoms with Crippen LogP contribution in [0, 0.1) is 0 Å². The van der Waals surface area contributed by atoms with E-state index in [0.717, 1.165) is 17.1 Å². The zero-order chi connectivity index (χ0) is 13.5. The molecule has 18 heavy (non-hydrogen) atoms. The van der Waals surface area contributed by atoms with Crippen LogP contribution < -0.4 is 14.8 Å². The number of methoxy groups -OCH3 is 1. The maximum atomic E-state index is 9.17. The van der Waals surface area contributed by atoms with Gasteiger partial charge in [0.2, 0.25) is 0 Å². The molecule has 2 N–H and O–H groups in total. The molecule has 0 saturated heterocycles. The van der Waals surface area contributed by atoms with Crippen LogP contribution in [0.1, 0.15) is 26.3 Å². The Kier molecular flexibility index (Phi) is 5.95. The summed E-state index contributed by atoms with van der Waals surface area (Å²) in [6.45, 7) is 7.00. The van der Waals surface area contributed by atoms with Crippen LogP contribution in [-0.2, 0) is 6.54 Å². The van der Waals surface area contributed by atoms with Crippen LogP contribution in [0.3, 0.4) is 0 Å². The summed E-state index contributed by atoms with van der Waals surface area (Å²) in [6, 6.07) is 5.86. The minimum Gasteiger partial charge on any atom is -0.493 e. The third-order valence-corrected chi connectivity index (χ3v) is 2.36. The summed E-state index contributed by atoms with van der Waals surface area (Å²) >= 11 is 0. The van der Waals surface area contributed by atoms with Crippen LogP contribution in [-0.4, -0.2) is 31.0 Å². The van der Waals surface area contributed by atoms with E-state index in [1.54, 1.807) is 14.0 Å². The van der Waals surface area contributed by atoms with Crippen molar-refractivity contribution in [1.82, 2.24) is 5.32 Å². The van der Waals surface area contributed by atoms with Gasteiger partial charge in [0.15, 0.2) is 11.5 Å². The lowest BCUT2D eigenvalue weighted by Gasteiger charge is -2.15. The van der Waals surface area contributed by atoms with E-state index >= 15 is 0 Å². The van der Waals surface area contributed by atoms with E-state index in [2.05, 4.69) is 5.32 Å². The van der Waals surface area contributed by atoms with E-state index < -0.39 is 0 Å². The first-order valence-electron chi connectivity index (χ1n) is 6.25. The molecule has 1 atom stereocenters.